The molecule has 1 aromatic rings. The number of rotatable bonds is 1. The van der Waals surface area contributed by atoms with Gasteiger partial charge in [0.15, 0.2) is 0 Å². The van der Waals surface area contributed by atoms with Crippen LogP contribution in [0.5, 0.6) is 0 Å². The van der Waals surface area contributed by atoms with Crippen molar-refractivity contribution in [3.63, 3.8) is 0 Å². The van der Waals surface area contributed by atoms with Crippen LogP contribution in [0.4, 0.5) is 0 Å². The Balaban J connectivity index is 2.45. The van der Waals surface area contributed by atoms with Gasteiger partial charge in [0.2, 0.25) is 5.91 Å². The van der Waals surface area contributed by atoms with Gasteiger partial charge >= 0.3 is 0 Å². The predicted octanol–water partition coefficient (Wildman–Crippen LogP) is 1.84. The fourth-order valence-corrected chi connectivity index (χ4v) is 1.98. The fourth-order valence-electron chi connectivity index (χ4n) is 1.98. The normalized spacial score (nSPS) is 19.9. The average Bonchev–Trinajstić information content (AvgIpc) is 2.47. The second kappa shape index (κ2) is 2.87. The van der Waals surface area contributed by atoms with Crippen LogP contribution in [0.15, 0.2) is 18.2 Å². The van der Waals surface area contributed by atoms with Crippen molar-refractivity contribution in [2.75, 3.05) is 0 Å². The van der Waals surface area contributed by atoms with E-state index in [0.29, 0.717) is 11.5 Å². The zero-order chi connectivity index (χ0) is 9.42. The van der Waals surface area contributed by atoms with Crippen LogP contribution in [-0.2, 0) is 6.42 Å². The molecule has 68 valence electrons. The lowest BCUT2D eigenvalue weighted by atomic mass is 10.0. The van der Waals surface area contributed by atoms with Crippen molar-refractivity contribution < 1.29 is 4.79 Å². The van der Waals surface area contributed by atoms with Gasteiger partial charge in [0.1, 0.15) is 0 Å². The number of carbonyl (C=O) groups excluding carboxylic acids is 1. The average molecular weight is 175 g/mol. The first-order valence-corrected chi connectivity index (χ1v) is 4.61. The lowest BCUT2D eigenvalue weighted by Crippen LogP contribution is -2.11. The summed E-state index contributed by atoms with van der Waals surface area (Å²) in [6.07, 6.45) is 2.27. The van der Waals surface area contributed by atoms with Crippen molar-refractivity contribution in [1.29, 1.82) is 0 Å². The minimum Gasteiger partial charge on any atom is -0.366 e. The highest BCUT2D eigenvalue weighted by Crippen LogP contribution is 2.32. The Kier molecular flexibility index (Phi) is 1.83. The summed E-state index contributed by atoms with van der Waals surface area (Å²) in [5.41, 5.74) is 8.51. The van der Waals surface area contributed by atoms with Crippen molar-refractivity contribution in [2.24, 2.45) is 5.73 Å². The van der Waals surface area contributed by atoms with E-state index in [1.165, 1.54) is 17.5 Å². The van der Waals surface area contributed by atoms with Crippen LogP contribution in [0.1, 0.15) is 40.7 Å². The Labute approximate surface area is 77.8 Å². The Morgan fingerprint density at radius 3 is 3.00 bits per heavy atom. The SMILES string of the molecule is CC1CCc2cc(C(N)=O)ccc21. The third kappa shape index (κ3) is 1.32. The number of amides is 1. The van der Waals surface area contributed by atoms with Gasteiger partial charge in [-0.3, -0.25) is 4.79 Å². The first kappa shape index (κ1) is 8.30. The van der Waals surface area contributed by atoms with Crippen molar-refractivity contribution in [3.8, 4) is 0 Å². The lowest BCUT2D eigenvalue weighted by Gasteiger charge is -2.04. The minimum atomic E-state index is -0.331. The highest BCUT2D eigenvalue weighted by molar-refractivity contribution is 5.93. The summed E-state index contributed by atoms with van der Waals surface area (Å²) in [6, 6.07) is 5.79. The third-order valence-corrected chi connectivity index (χ3v) is 2.81. The molecular weight excluding hydrogens is 162 g/mol. The Morgan fingerprint density at radius 2 is 2.31 bits per heavy atom. The standard InChI is InChI=1S/C11H13NO/c1-7-2-3-8-6-9(11(12)13)4-5-10(7)8/h4-7H,2-3H2,1H3,(H2,12,13). The first-order valence-electron chi connectivity index (χ1n) is 4.61. The molecule has 2 heteroatoms. The second-order valence-electron chi connectivity index (χ2n) is 3.72. The van der Waals surface area contributed by atoms with E-state index in [-0.39, 0.29) is 5.91 Å². The largest absolute Gasteiger partial charge is 0.366 e. The number of primary amides is 1. The maximum atomic E-state index is 10.9. The Hall–Kier alpha value is -1.31. The monoisotopic (exact) mass is 175 g/mol. The molecule has 0 aromatic heterocycles. The molecule has 1 aromatic carbocycles. The molecule has 13 heavy (non-hydrogen) atoms. The molecule has 1 amide bonds. The maximum absolute atomic E-state index is 10.9. The fraction of sp³-hybridized carbons (Fsp3) is 0.364. The molecule has 0 saturated heterocycles. The van der Waals surface area contributed by atoms with Crippen LogP contribution < -0.4 is 5.73 Å². The second-order valence-corrected chi connectivity index (χ2v) is 3.72. The van der Waals surface area contributed by atoms with Crippen LogP contribution in [0, 0.1) is 0 Å². The summed E-state index contributed by atoms with van der Waals surface area (Å²) < 4.78 is 0. The molecule has 1 aliphatic carbocycles. The summed E-state index contributed by atoms with van der Waals surface area (Å²) in [4.78, 5) is 10.9. The van der Waals surface area contributed by atoms with Gasteiger partial charge in [-0.15, -0.1) is 0 Å². The van der Waals surface area contributed by atoms with Crippen molar-refractivity contribution in [2.45, 2.75) is 25.7 Å². The molecule has 2 rings (SSSR count). The van der Waals surface area contributed by atoms with Crippen LogP contribution in [0.25, 0.3) is 0 Å². The van der Waals surface area contributed by atoms with Gasteiger partial charge in [0.05, 0.1) is 0 Å². The van der Waals surface area contributed by atoms with Crippen molar-refractivity contribution in [3.05, 3.63) is 34.9 Å². The van der Waals surface area contributed by atoms with E-state index in [0.717, 1.165) is 6.42 Å². The molecule has 2 N–H and O–H groups in total. The quantitative estimate of drug-likeness (QED) is 0.695. The molecule has 1 aliphatic rings. The van der Waals surface area contributed by atoms with E-state index in [9.17, 15) is 4.79 Å². The molecular formula is C11H13NO. The number of benzene rings is 1. The number of fused-ring (bicyclic) bond motifs is 1. The highest BCUT2D eigenvalue weighted by atomic mass is 16.1. The van der Waals surface area contributed by atoms with E-state index in [1.807, 2.05) is 18.2 Å². The van der Waals surface area contributed by atoms with Crippen molar-refractivity contribution in [1.82, 2.24) is 0 Å². The summed E-state index contributed by atoms with van der Waals surface area (Å²) in [5, 5.41) is 0. The van der Waals surface area contributed by atoms with E-state index in [1.54, 1.807) is 0 Å². The smallest absolute Gasteiger partial charge is 0.248 e. The van der Waals surface area contributed by atoms with Crippen LogP contribution in [-0.4, -0.2) is 5.91 Å². The Morgan fingerprint density at radius 1 is 1.54 bits per heavy atom. The van der Waals surface area contributed by atoms with Gasteiger partial charge < -0.3 is 5.73 Å². The van der Waals surface area contributed by atoms with Crippen LogP contribution in [0.2, 0.25) is 0 Å². The Bertz CT molecular complexity index is 357. The molecule has 2 nitrogen and oxygen atoms in total. The van der Waals surface area contributed by atoms with E-state index < -0.39 is 0 Å². The number of aryl methyl sites for hydroxylation is 1. The van der Waals surface area contributed by atoms with Gasteiger partial charge in [0.25, 0.3) is 0 Å². The number of hydrogen-bond donors (Lipinski definition) is 1. The van der Waals surface area contributed by atoms with Crippen LogP contribution >= 0.6 is 0 Å². The highest BCUT2D eigenvalue weighted by Gasteiger charge is 2.18. The van der Waals surface area contributed by atoms with Crippen molar-refractivity contribution >= 4 is 5.91 Å². The summed E-state index contributed by atoms with van der Waals surface area (Å²) in [7, 11) is 0. The van der Waals surface area contributed by atoms with E-state index in [4.69, 9.17) is 5.73 Å². The minimum absolute atomic E-state index is 0.331. The zero-order valence-electron chi connectivity index (χ0n) is 7.71. The molecule has 1 unspecified atom stereocenters. The van der Waals surface area contributed by atoms with Crippen LogP contribution in [0.3, 0.4) is 0 Å². The summed E-state index contributed by atoms with van der Waals surface area (Å²) in [5.74, 6) is 0.305. The molecule has 0 spiro atoms. The summed E-state index contributed by atoms with van der Waals surface area (Å²) in [6.45, 7) is 2.22. The number of nitrogens with two attached hydrogens (primary N) is 1. The number of hydrogen-bond acceptors (Lipinski definition) is 1. The third-order valence-electron chi connectivity index (χ3n) is 2.81. The topological polar surface area (TPSA) is 43.1 Å². The van der Waals surface area contributed by atoms with Gasteiger partial charge in [-0.05, 0) is 42.0 Å². The lowest BCUT2D eigenvalue weighted by molar-refractivity contribution is 0.1000. The molecule has 0 fully saturated rings. The number of carbonyl (C=O) groups is 1. The van der Waals surface area contributed by atoms with Gasteiger partial charge in [0, 0.05) is 5.56 Å². The van der Waals surface area contributed by atoms with E-state index >= 15 is 0 Å². The zero-order valence-corrected chi connectivity index (χ0v) is 7.71. The maximum Gasteiger partial charge on any atom is 0.248 e. The molecule has 0 aliphatic heterocycles. The molecule has 1 atom stereocenters. The van der Waals surface area contributed by atoms with Gasteiger partial charge in [-0.25, -0.2) is 0 Å². The molecule has 0 heterocycles. The summed E-state index contributed by atoms with van der Waals surface area (Å²) >= 11 is 0. The molecule has 0 bridgehead atoms. The van der Waals surface area contributed by atoms with Gasteiger partial charge in [-0.2, -0.15) is 0 Å². The van der Waals surface area contributed by atoms with Gasteiger partial charge in [-0.1, -0.05) is 13.0 Å². The first-order chi connectivity index (χ1) is 6.18. The van der Waals surface area contributed by atoms with E-state index in [2.05, 4.69) is 6.92 Å². The molecule has 0 radical (unpaired) electrons. The molecule has 0 saturated carbocycles. The predicted molar refractivity (Wildman–Crippen MR) is 51.7 cm³/mol.